The molecule has 0 amide bonds. The number of hydrogen-bond donors (Lipinski definition) is 1. The van der Waals surface area contributed by atoms with Crippen molar-refractivity contribution in [3.63, 3.8) is 0 Å². The van der Waals surface area contributed by atoms with E-state index in [0.717, 1.165) is 0 Å². The first-order valence-corrected chi connectivity index (χ1v) is 4.89. The van der Waals surface area contributed by atoms with Crippen LogP contribution in [0.3, 0.4) is 0 Å². The molecule has 0 atom stereocenters. The van der Waals surface area contributed by atoms with E-state index in [1.165, 1.54) is 0 Å². The SMILES string of the molecule is COc1ccc(Cl)c(-c2n[nH]c(=S)o2)c1. The Morgan fingerprint density at radius 3 is 2.93 bits per heavy atom. The van der Waals surface area contributed by atoms with Gasteiger partial charge in [-0.25, -0.2) is 5.10 Å². The van der Waals surface area contributed by atoms with Gasteiger partial charge in [-0.05, 0) is 30.4 Å². The van der Waals surface area contributed by atoms with Crippen molar-refractivity contribution in [3.05, 3.63) is 28.1 Å². The summed E-state index contributed by atoms with van der Waals surface area (Å²) in [6, 6.07) is 5.20. The van der Waals surface area contributed by atoms with Crippen LogP contribution in [-0.4, -0.2) is 17.3 Å². The number of nitrogens with one attached hydrogen (secondary N) is 1. The molecule has 0 unspecified atom stereocenters. The van der Waals surface area contributed by atoms with Crippen LogP contribution in [0.25, 0.3) is 11.5 Å². The van der Waals surface area contributed by atoms with Crippen LogP contribution >= 0.6 is 23.8 Å². The lowest BCUT2D eigenvalue weighted by molar-refractivity contribution is 0.414. The van der Waals surface area contributed by atoms with E-state index in [4.69, 9.17) is 33.0 Å². The van der Waals surface area contributed by atoms with Crippen LogP contribution in [-0.2, 0) is 0 Å². The molecule has 4 nitrogen and oxygen atoms in total. The minimum Gasteiger partial charge on any atom is -0.497 e. The maximum Gasteiger partial charge on any atom is 0.284 e. The van der Waals surface area contributed by atoms with Gasteiger partial charge in [0.25, 0.3) is 4.84 Å². The van der Waals surface area contributed by atoms with E-state index in [1.807, 2.05) is 0 Å². The summed E-state index contributed by atoms with van der Waals surface area (Å²) in [7, 11) is 1.58. The van der Waals surface area contributed by atoms with Gasteiger partial charge in [0.05, 0.1) is 17.7 Å². The topological polar surface area (TPSA) is 51.0 Å². The van der Waals surface area contributed by atoms with Crippen LogP contribution in [0.15, 0.2) is 22.6 Å². The highest BCUT2D eigenvalue weighted by atomic mass is 35.5. The zero-order valence-corrected chi connectivity index (χ0v) is 9.35. The maximum absolute atomic E-state index is 5.99. The van der Waals surface area contributed by atoms with E-state index in [9.17, 15) is 0 Å². The van der Waals surface area contributed by atoms with Crippen molar-refractivity contribution >= 4 is 23.8 Å². The molecule has 1 aromatic heterocycles. The quantitative estimate of drug-likeness (QED) is 0.823. The molecule has 0 spiro atoms. The van der Waals surface area contributed by atoms with Crippen LogP contribution < -0.4 is 4.74 Å². The highest BCUT2D eigenvalue weighted by Crippen LogP contribution is 2.29. The van der Waals surface area contributed by atoms with Gasteiger partial charge >= 0.3 is 0 Å². The fraction of sp³-hybridized carbons (Fsp3) is 0.111. The standard InChI is InChI=1S/C9H7ClN2O2S/c1-13-5-2-3-7(10)6(4-5)8-11-12-9(15)14-8/h2-4H,1H3,(H,12,15). The van der Waals surface area contributed by atoms with Crippen LogP contribution in [0.5, 0.6) is 5.75 Å². The van der Waals surface area contributed by atoms with E-state index in [-0.39, 0.29) is 4.84 Å². The fourth-order valence-electron chi connectivity index (χ4n) is 1.14. The molecular formula is C9H7ClN2O2S. The molecular weight excluding hydrogens is 236 g/mol. The highest BCUT2D eigenvalue weighted by molar-refractivity contribution is 7.71. The predicted octanol–water partition coefficient (Wildman–Crippen LogP) is 3.06. The minimum atomic E-state index is 0.212. The second-order valence-electron chi connectivity index (χ2n) is 2.76. The minimum absolute atomic E-state index is 0.212. The zero-order chi connectivity index (χ0) is 10.8. The molecule has 0 fully saturated rings. The third kappa shape index (κ3) is 2.03. The molecule has 2 rings (SSSR count). The molecule has 0 bridgehead atoms. The number of ether oxygens (including phenoxy) is 1. The normalized spacial score (nSPS) is 10.3. The lowest BCUT2D eigenvalue weighted by atomic mass is 10.2. The molecule has 2 aromatic rings. The van der Waals surface area contributed by atoms with Crippen LogP contribution in [0.2, 0.25) is 5.02 Å². The van der Waals surface area contributed by atoms with Crippen molar-refractivity contribution in [2.45, 2.75) is 0 Å². The van der Waals surface area contributed by atoms with E-state index in [2.05, 4.69) is 10.2 Å². The number of benzene rings is 1. The maximum atomic E-state index is 5.99. The Balaban J connectivity index is 2.56. The molecule has 1 aromatic carbocycles. The van der Waals surface area contributed by atoms with Crippen molar-refractivity contribution in [1.29, 1.82) is 0 Å². The summed E-state index contributed by atoms with van der Waals surface area (Å²) >= 11 is 10.8. The smallest absolute Gasteiger partial charge is 0.284 e. The average Bonchev–Trinajstić information content (AvgIpc) is 2.65. The number of nitrogens with zero attached hydrogens (tertiary/aromatic N) is 1. The van der Waals surface area contributed by atoms with Crippen molar-refractivity contribution in [2.75, 3.05) is 7.11 Å². The summed E-state index contributed by atoms with van der Waals surface area (Å²) in [5.74, 6) is 1.03. The van der Waals surface area contributed by atoms with Gasteiger partial charge in [-0.3, -0.25) is 0 Å². The number of rotatable bonds is 2. The molecule has 0 saturated carbocycles. The van der Waals surface area contributed by atoms with Crippen LogP contribution in [0.1, 0.15) is 0 Å². The van der Waals surface area contributed by atoms with Gasteiger partial charge in [0, 0.05) is 0 Å². The van der Waals surface area contributed by atoms with Gasteiger partial charge in [-0.2, -0.15) is 0 Å². The summed E-state index contributed by atoms with van der Waals surface area (Å²) in [5, 5.41) is 6.95. The molecule has 0 saturated heterocycles. The second-order valence-corrected chi connectivity index (χ2v) is 3.54. The summed E-state index contributed by atoms with van der Waals surface area (Å²) in [6.07, 6.45) is 0. The molecule has 6 heteroatoms. The number of hydrogen-bond acceptors (Lipinski definition) is 4. The fourth-order valence-corrected chi connectivity index (χ4v) is 1.46. The number of H-pyrrole nitrogens is 1. The zero-order valence-electron chi connectivity index (χ0n) is 7.78. The number of aromatic amines is 1. The Hall–Kier alpha value is -1.33. The molecule has 78 valence electrons. The Bertz CT molecular complexity index is 535. The van der Waals surface area contributed by atoms with E-state index >= 15 is 0 Å². The second kappa shape index (κ2) is 4.04. The predicted molar refractivity (Wildman–Crippen MR) is 58.7 cm³/mol. The largest absolute Gasteiger partial charge is 0.497 e. The van der Waals surface area contributed by atoms with Crippen molar-refractivity contribution < 1.29 is 9.15 Å². The molecule has 15 heavy (non-hydrogen) atoms. The summed E-state index contributed by atoms with van der Waals surface area (Å²) in [5.41, 5.74) is 0.642. The number of halogens is 1. The molecule has 1 N–H and O–H groups in total. The third-order valence-electron chi connectivity index (χ3n) is 1.84. The van der Waals surface area contributed by atoms with Gasteiger partial charge in [0.2, 0.25) is 5.89 Å². The Kier molecular flexibility index (Phi) is 2.75. The third-order valence-corrected chi connectivity index (χ3v) is 2.35. The monoisotopic (exact) mass is 242 g/mol. The van der Waals surface area contributed by atoms with Gasteiger partial charge in [-0.1, -0.05) is 11.6 Å². The lowest BCUT2D eigenvalue weighted by Crippen LogP contribution is -1.85. The Morgan fingerprint density at radius 2 is 2.33 bits per heavy atom. The van der Waals surface area contributed by atoms with E-state index < -0.39 is 0 Å². The van der Waals surface area contributed by atoms with Gasteiger partial charge in [0.1, 0.15) is 5.75 Å². The summed E-state index contributed by atoms with van der Waals surface area (Å²) in [6.45, 7) is 0. The van der Waals surface area contributed by atoms with Gasteiger partial charge < -0.3 is 9.15 Å². The molecule has 0 aliphatic carbocycles. The van der Waals surface area contributed by atoms with E-state index in [1.54, 1.807) is 25.3 Å². The van der Waals surface area contributed by atoms with Crippen LogP contribution in [0, 0.1) is 4.84 Å². The molecule has 0 radical (unpaired) electrons. The van der Waals surface area contributed by atoms with Gasteiger partial charge in [-0.15, -0.1) is 5.10 Å². The highest BCUT2D eigenvalue weighted by Gasteiger charge is 2.10. The Morgan fingerprint density at radius 1 is 1.53 bits per heavy atom. The lowest BCUT2D eigenvalue weighted by Gasteiger charge is -2.02. The van der Waals surface area contributed by atoms with Gasteiger partial charge in [0.15, 0.2) is 0 Å². The average molecular weight is 243 g/mol. The summed E-state index contributed by atoms with van der Waals surface area (Å²) in [4.78, 5) is 0.212. The Labute approximate surface area is 95.8 Å². The summed E-state index contributed by atoms with van der Waals surface area (Å²) < 4.78 is 10.2. The van der Waals surface area contributed by atoms with Crippen LogP contribution in [0.4, 0.5) is 0 Å². The number of aromatic nitrogens is 2. The van der Waals surface area contributed by atoms with Crippen molar-refractivity contribution in [2.24, 2.45) is 0 Å². The first-order valence-electron chi connectivity index (χ1n) is 4.10. The van der Waals surface area contributed by atoms with E-state index in [0.29, 0.717) is 22.2 Å². The number of methoxy groups -OCH3 is 1. The molecule has 1 heterocycles. The van der Waals surface area contributed by atoms with Crippen molar-refractivity contribution in [3.8, 4) is 17.2 Å². The first kappa shape index (κ1) is 10.2. The first-order chi connectivity index (χ1) is 7.20. The van der Waals surface area contributed by atoms with Crippen molar-refractivity contribution in [1.82, 2.24) is 10.2 Å². The molecule has 0 aliphatic rings. The molecule has 0 aliphatic heterocycles.